The van der Waals surface area contributed by atoms with Gasteiger partial charge in [-0.05, 0) is 51.6 Å². The molecule has 21 heavy (non-hydrogen) atoms. The van der Waals surface area contributed by atoms with Crippen LogP contribution in [-0.2, 0) is 6.42 Å². The Kier molecular flexibility index (Phi) is 6.15. The van der Waals surface area contributed by atoms with Gasteiger partial charge in [0.2, 0.25) is 0 Å². The fourth-order valence-electron chi connectivity index (χ4n) is 2.84. The monoisotopic (exact) mass is 293 g/mol. The van der Waals surface area contributed by atoms with Crippen LogP contribution in [0, 0.1) is 5.82 Å². The SMILES string of the molecule is C[C@H](CCc1cccc(F)c1)NC[C@@H]1CN(C)CCN1C. The number of rotatable bonds is 6. The molecule has 0 aromatic heterocycles. The first-order valence-electron chi connectivity index (χ1n) is 7.91. The quantitative estimate of drug-likeness (QED) is 0.865. The molecule has 3 nitrogen and oxygen atoms in total. The van der Waals surface area contributed by atoms with Crippen LogP contribution in [0.25, 0.3) is 0 Å². The first kappa shape index (κ1) is 16.4. The zero-order valence-electron chi connectivity index (χ0n) is 13.5. The normalized spacial score (nSPS) is 22.4. The van der Waals surface area contributed by atoms with Crippen molar-refractivity contribution in [2.45, 2.75) is 31.8 Å². The van der Waals surface area contributed by atoms with Crippen molar-refractivity contribution >= 4 is 0 Å². The minimum Gasteiger partial charge on any atom is -0.313 e. The molecule has 0 aliphatic carbocycles. The number of nitrogens with zero attached hydrogens (tertiary/aromatic N) is 2. The highest BCUT2D eigenvalue weighted by Crippen LogP contribution is 2.09. The number of likely N-dealkylation sites (N-methyl/N-ethyl adjacent to an activating group) is 2. The van der Waals surface area contributed by atoms with Gasteiger partial charge < -0.3 is 10.2 Å². The van der Waals surface area contributed by atoms with Crippen LogP contribution in [0.5, 0.6) is 0 Å². The van der Waals surface area contributed by atoms with Gasteiger partial charge in [0, 0.05) is 38.3 Å². The van der Waals surface area contributed by atoms with E-state index in [1.165, 1.54) is 6.07 Å². The van der Waals surface area contributed by atoms with E-state index in [0.29, 0.717) is 12.1 Å². The zero-order valence-corrected chi connectivity index (χ0v) is 13.5. The van der Waals surface area contributed by atoms with Crippen LogP contribution in [0.15, 0.2) is 24.3 Å². The average Bonchev–Trinajstić information content (AvgIpc) is 2.46. The number of nitrogens with one attached hydrogen (secondary N) is 1. The molecule has 1 aromatic rings. The largest absolute Gasteiger partial charge is 0.313 e. The predicted molar refractivity (Wildman–Crippen MR) is 86.1 cm³/mol. The second-order valence-corrected chi connectivity index (χ2v) is 6.37. The molecule has 2 atom stereocenters. The highest BCUT2D eigenvalue weighted by atomic mass is 19.1. The van der Waals surface area contributed by atoms with Gasteiger partial charge in [-0.25, -0.2) is 4.39 Å². The molecular weight excluding hydrogens is 265 g/mol. The molecule has 1 aliphatic rings. The van der Waals surface area contributed by atoms with Gasteiger partial charge in [-0.15, -0.1) is 0 Å². The van der Waals surface area contributed by atoms with Crippen LogP contribution in [0.3, 0.4) is 0 Å². The van der Waals surface area contributed by atoms with Crippen molar-refractivity contribution < 1.29 is 4.39 Å². The Balaban J connectivity index is 1.70. The number of benzene rings is 1. The van der Waals surface area contributed by atoms with Crippen molar-refractivity contribution in [3.8, 4) is 0 Å². The van der Waals surface area contributed by atoms with E-state index >= 15 is 0 Å². The second kappa shape index (κ2) is 7.87. The van der Waals surface area contributed by atoms with Gasteiger partial charge >= 0.3 is 0 Å². The predicted octanol–water partition coefficient (Wildman–Crippen LogP) is 1.98. The molecule has 0 saturated carbocycles. The Bertz CT molecular complexity index is 438. The van der Waals surface area contributed by atoms with Crippen molar-refractivity contribution in [3.05, 3.63) is 35.6 Å². The summed E-state index contributed by atoms with van der Waals surface area (Å²) in [5.74, 6) is -0.139. The van der Waals surface area contributed by atoms with Crippen LogP contribution >= 0.6 is 0 Å². The molecule has 1 saturated heterocycles. The van der Waals surface area contributed by atoms with E-state index in [4.69, 9.17) is 0 Å². The number of halogens is 1. The lowest BCUT2D eigenvalue weighted by molar-refractivity contribution is 0.111. The van der Waals surface area contributed by atoms with Gasteiger partial charge in [0.1, 0.15) is 5.82 Å². The van der Waals surface area contributed by atoms with Gasteiger partial charge in [0.15, 0.2) is 0 Å². The summed E-state index contributed by atoms with van der Waals surface area (Å²) in [6, 6.07) is 7.96. The van der Waals surface area contributed by atoms with Crippen molar-refractivity contribution in [1.29, 1.82) is 0 Å². The molecule has 0 bridgehead atoms. The van der Waals surface area contributed by atoms with E-state index in [0.717, 1.165) is 44.6 Å². The molecule has 118 valence electrons. The van der Waals surface area contributed by atoms with Crippen molar-refractivity contribution in [1.82, 2.24) is 15.1 Å². The third kappa shape index (κ3) is 5.38. The Morgan fingerprint density at radius 1 is 1.33 bits per heavy atom. The molecule has 0 radical (unpaired) electrons. The van der Waals surface area contributed by atoms with Crippen LogP contribution in [0.2, 0.25) is 0 Å². The first-order valence-corrected chi connectivity index (χ1v) is 7.91. The fraction of sp³-hybridized carbons (Fsp3) is 0.647. The van der Waals surface area contributed by atoms with E-state index in [1.54, 1.807) is 12.1 Å². The molecule has 1 aromatic carbocycles. The molecule has 1 aliphatic heterocycles. The fourth-order valence-corrected chi connectivity index (χ4v) is 2.84. The molecule has 0 amide bonds. The number of hydrogen-bond acceptors (Lipinski definition) is 3. The van der Waals surface area contributed by atoms with Gasteiger partial charge in [-0.2, -0.15) is 0 Å². The summed E-state index contributed by atoms with van der Waals surface area (Å²) in [5.41, 5.74) is 1.08. The lowest BCUT2D eigenvalue weighted by Crippen LogP contribution is -2.54. The zero-order chi connectivity index (χ0) is 15.2. The minimum absolute atomic E-state index is 0.139. The lowest BCUT2D eigenvalue weighted by Gasteiger charge is -2.38. The van der Waals surface area contributed by atoms with E-state index in [1.807, 2.05) is 6.07 Å². The van der Waals surface area contributed by atoms with Crippen molar-refractivity contribution in [2.75, 3.05) is 40.3 Å². The molecule has 1 N–H and O–H groups in total. The van der Waals surface area contributed by atoms with E-state index < -0.39 is 0 Å². The van der Waals surface area contributed by atoms with Gasteiger partial charge in [-0.1, -0.05) is 12.1 Å². The Morgan fingerprint density at radius 3 is 2.90 bits per heavy atom. The number of aryl methyl sites for hydroxylation is 1. The maximum absolute atomic E-state index is 13.1. The maximum Gasteiger partial charge on any atom is 0.123 e. The van der Waals surface area contributed by atoms with E-state index in [-0.39, 0.29) is 5.82 Å². The summed E-state index contributed by atoms with van der Waals surface area (Å²) >= 11 is 0. The standard InChI is InChI=1S/C17H28FN3/c1-14(7-8-15-5-4-6-16(18)11-15)19-12-17-13-20(2)9-10-21(17)3/h4-6,11,14,17,19H,7-10,12-13H2,1-3H3/t14-,17-/m1/s1. The smallest absolute Gasteiger partial charge is 0.123 e. The molecular formula is C17H28FN3. The summed E-state index contributed by atoms with van der Waals surface area (Å²) in [4.78, 5) is 4.83. The Morgan fingerprint density at radius 2 is 2.14 bits per heavy atom. The molecule has 1 fully saturated rings. The topological polar surface area (TPSA) is 18.5 Å². The molecule has 0 unspecified atom stereocenters. The van der Waals surface area contributed by atoms with Gasteiger partial charge in [0.05, 0.1) is 0 Å². The molecule has 0 spiro atoms. The van der Waals surface area contributed by atoms with Crippen molar-refractivity contribution in [2.24, 2.45) is 0 Å². The van der Waals surface area contributed by atoms with Crippen LogP contribution in [0.1, 0.15) is 18.9 Å². The summed E-state index contributed by atoms with van der Waals surface area (Å²) in [7, 11) is 4.39. The number of piperazine rings is 1. The summed E-state index contributed by atoms with van der Waals surface area (Å²) in [6.07, 6.45) is 1.96. The highest BCUT2D eigenvalue weighted by Gasteiger charge is 2.22. The summed E-state index contributed by atoms with van der Waals surface area (Å²) in [5, 5.41) is 3.63. The highest BCUT2D eigenvalue weighted by molar-refractivity contribution is 5.16. The first-order chi connectivity index (χ1) is 10.0. The summed E-state index contributed by atoms with van der Waals surface area (Å²) < 4.78 is 13.1. The van der Waals surface area contributed by atoms with Gasteiger partial charge in [-0.3, -0.25) is 4.90 Å². The summed E-state index contributed by atoms with van der Waals surface area (Å²) in [6.45, 7) is 6.65. The molecule has 1 heterocycles. The second-order valence-electron chi connectivity index (χ2n) is 6.37. The van der Waals surface area contributed by atoms with Crippen molar-refractivity contribution in [3.63, 3.8) is 0 Å². The average molecular weight is 293 g/mol. The van der Waals surface area contributed by atoms with E-state index in [9.17, 15) is 4.39 Å². The van der Waals surface area contributed by atoms with E-state index in [2.05, 4.69) is 36.1 Å². The molecule has 4 heteroatoms. The molecule has 2 rings (SSSR count). The van der Waals surface area contributed by atoms with Gasteiger partial charge in [0.25, 0.3) is 0 Å². The van der Waals surface area contributed by atoms with Crippen LogP contribution in [0.4, 0.5) is 4.39 Å². The minimum atomic E-state index is -0.139. The third-order valence-corrected chi connectivity index (χ3v) is 4.44. The Labute approximate surface area is 128 Å². The Hall–Kier alpha value is -0.970. The maximum atomic E-state index is 13.1. The third-order valence-electron chi connectivity index (χ3n) is 4.44. The van der Waals surface area contributed by atoms with Crippen LogP contribution < -0.4 is 5.32 Å². The number of hydrogen-bond donors (Lipinski definition) is 1. The van der Waals surface area contributed by atoms with Crippen LogP contribution in [-0.4, -0.2) is 62.2 Å². The lowest BCUT2D eigenvalue weighted by atomic mass is 10.1.